The second kappa shape index (κ2) is 11.0. The summed E-state index contributed by atoms with van der Waals surface area (Å²) in [5, 5.41) is 11.0. The van der Waals surface area contributed by atoms with E-state index in [0.29, 0.717) is 44.3 Å². The van der Waals surface area contributed by atoms with Crippen molar-refractivity contribution in [1.29, 1.82) is 0 Å². The number of hydrogen-bond donors (Lipinski definition) is 1. The van der Waals surface area contributed by atoms with Crippen LogP contribution in [-0.4, -0.2) is 78.2 Å². The molecule has 1 aliphatic heterocycles. The van der Waals surface area contributed by atoms with Crippen LogP contribution in [0, 0.1) is 0 Å². The summed E-state index contributed by atoms with van der Waals surface area (Å²) in [5.74, 6) is 1.10. The summed E-state index contributed by atoms with van der Waals surface area (Å²) in [5.41, 5.74) is -1.51. The fourth-order valence-corrected chi connectivity index (χ4v) is 5.14. The topological polar surface area (TPSA) is 114 Å². The second-order valence-corrected chi connectivity index (χ2v) is 12.8. The summed E-state index contributed by atoms with van der Waals surface area (Å²) in [6.45, 7) is 14.0. The Hall–Kier alpha value is -2.63. The van der Waals surface area contributed by atoms with Gasteiger partial charge in [0.05, 0.1) is 4.90 Å². The molecule has 11 heteroatoms. The van der Waals surface area contributed by atoms with Crippen molar-refractivity contribution in [3.63, 3.8) is 0 Å². The average molecular weight is 537 g/mol. The minimum absolute atomic E-state index is 0.0996. The van der Waals surface area contributed by atoms with Gasteiger partial charge in [-0.25, -0.2) is 13.2 Å². The van der Waals surface area contributed by atoms with Crippen molar-refractivity contribution in [1.82, 2.24) is 14.0 Å². The summed E-state index contributed by atoms with van der Waals surface area (Å²) in [7, 11) is -3.29. The molecule has 1 aliphatic rings. The van der Waals surface area contributed by atoms with E-state index in [2.05, 4.69) is 9.80 Å². The van der Waals surface area contributed by atoms with Crippen molar-refractivity contribution < 1.29 is 18.3 Å². The van der Waals surface area contributed by atoms with Crippen molar-refractivity contribution in [2.75, 3.05) is 43.9 Å². The van der Waals surface area contributed by atoms with Gasteiger partial charge in [0, 0.05) is 57.1 Å². The van der Waals surface area contributed by atoms with Gasteiger partial charge in [-0.05, 0) is 65.8 Å². The van der Waals surface area contributed by atoms with Gasteiger partial charge in [0.15, 0.2) is 9.84 Å². The Labute approximate surface area is 219 Å². The van der Waals surface area contributed by atoms with Gasteiger partial charge >= 0.3 is 5.69 Å². The Morgan fingerprint density at radius 3 is 1.97 bits per heavy atom. The molecule has 0 aliphatic carbocycles. The van der Waals surface area contributed by atoms with Gasteiger partial charge in [-0.15, -0.1) is 0 Å². The minimum Gasteiger partial charge on any atom is -0.485 e. The van der Waals surface area contributed by atoms with E-state index in [4.69, 9.17) is 4.74 Å². The molecular weight excluding hydrogens is 496 g/mol. The number of hydrogen-bond acceptors (Lipinski definition) is 8. The second-order valence-electron chi connectivity index (χ2n) is 10.8. The van der Waals surface area contributed by atoms with Gasteiger partial charge in [-0.3, -0.25) is 18.8 Å². The average Bonchev–Trinajstić information content (AvgIpc) is 2.78. The third-order valence-electron chi connectivity index (χ3n) is 6.74. The van der Waals surface area contributed by atoms with E-state index in [1.807, 2.05) is 27.7 Å². The number of piperazine rings is 1. The first kappa shape index (κ1) is 28.9. The lowest BCUT2D eigenvalue weighted by atomic mass is 10.0. The smallest absolute Gasteiger partial charge is 0.333 e. The molecule has 10 nitrogen and oxygen atoms in total. The molecule has 0 radical (unpaired) electrons. The fraction of sp³-hybridized carbons (Fsp3) is 0.615. The first-order chi connectivity index (χ1) is 17.1. The molecule has 2 heterocycles. The first-order valence-corrected chi connectivity index (χ1v) is 14.5. The van der Waals surface area contributed by atoms with Gasteiger partial charge in [0.2, 0.25) is 0 Å². The van der Waals surface area contributed by atoms with E-state index in [1.54, 1.807) is 36.6 Å². The Morgan fingerprint density at radius 2 is 1.49 bits per heavy atom. The van der Waals surface area contributed by atoms with Crippen LogP contribution in [-0.2, 0) is 9.84 Å². The van der Waals surface area contributed by atoms with Crippen LogP contribution < -0.4 is 20.9 Å². The first-order valence-electron chi connectivity index (χ1n) is 12.6. The number of nitrogens with zero attached hydrogens (tertiary/aromatic N) is 4. The molecule has 1 aromatic heterocycles. The summed E-state index contributed by atoms with van der Waals surface area (Å²) in [6.07, 6.45) is 0.342. The van der Waals surface area contributed by atoms with Crippen molar-refractivity contribution in [3.8, 4) is 5.75 Å². The Bertz CT molecular complexity index is 1300. The van der Waals surface area contributed by atoms with Gasteiger partial charge in [0.1, 0.15) is 23.3 Å². The SMILES string of the molecule is CC(C)n1c(N2CCN(CC(O)C(C)(C)Oc3ccc(S(C)(=O)=O)cc3)CC2)cc(=O)n(C(C)C)c1=O. The highest BCUT2D eigenvalue weighted by Crippen LogP contribution is 2.24. The zero-order valence-electron chi connectivity index (χ0n) is 22.8. The number of ether oxygens (including phenoxy) is 1. The number of rotatable bonds is 9. The molecule has 2 aromatic rings. The molecule has 37 heavy (non-hydrogen) atoms. The molecule has 1 N–H and O–H groups in total. The number of aliphatic hydroxyl groups excluding tert-OH is 1. The molecule has 1 fully saturated rings. The van der Waals surface area contributed by atoms with E-state index in [9.17, 15) is 23.1 Å². The van der Waals surface area contributed by atoms with Crippen LogP contribution in [0.5, 0.6) is 5.75 Å². The normalized spacial score (nSPS) is 16.4. The highest BCUT2D eigenvalue weighted by molar-refractivity contribution is 7.90. The number of sulfone groups is 1. The van der Waals surface area contributed by atoms with Crippen LogP contribution in [0.25, 0.3) is 0 Å². The maximum Gasteiger partial charge on any atom is 0.333 e. The van der Waals surface area contributed by atoms with Crippen LogP contribution in [0.15, 0.2) is 44.8 Å². The quantitative estimate of drug-likeness (QED) is 0.517. The van der Waals surface area contributed by atoms with Gasteiger partial charge < -0.3 is 14.7 Å². The molecule has 0 spiro atoms. The molecular formula is C26H40N4O6S. The van der Waals surface area contributed by atoms with E-state index in [-0.39, 0.29) is 28.2 Å². The number of β-amino-alcohol motifs (C(OH)–C–C–N with tert-alkyl or cyclic N) is 1. The van der Waals surface area contributed by atoms with Crippen LogP contribution in [0.4, 0.5) is 5.82 Å². The Balaban J connectivity index is 1.66. The zero-order chi connectivity index (χ0) is 27.7. The summed E-state index contributed by atoms with van der Waals surface area (Å²) in [6, 6.07) is 7.39. The third-order valence-corrected chi connectivity index (χ3v) is 7.87. The highest BCUT2D eigenvalue weighted by Gasteiger charge is 2.33. The lowest BCUT2D eigenvalue weighted by Crippen LogP contribution is -2.54. The predicted molar refractivity (Wildman–Crippen MR) is 145 cm³/mol. The van der Waals surface area contributed by atoms with Crippen molar-refractivity contribution in [3.05, 3.63) is 51.2 Å². The molecule has 1 atom stereocenters. The van der Waals surface area contributed by atoms with E-state index < -0.39 is 21.5 Å². The standard InChI is InChI=1S/C26H40N4O6S/c1-18(2)29-23(16-24(32)30(19(3)4)25(29)33)28-14-12-27(13-15-28)17-22(31)26(5,6)36-20-8-10-21(11-9-20)37(7,34)35/h8-11,16,18-19,22,31H,12-15,17H2,1-7H3. The molecule has 3 rings (SSSR count). The van der Waals surface area contributed by atoms with Gasteiger partial charge in [0.25, 0.3) is 5.56 Å². The maximum absolute atomic E-state index is 13.1. The van der Waals surface area contributed by atoms with Gasteiger partial charge in [-0.1, -0.05) is 0 Å². The van der Waals surface area contributed by atoms with Crippen LogP contribution in [0.2, 0.25) is 0 Å². The largest absolute Gasteiger partial charge is 0.485 e. The number of aliphatic hydroxyl groups is 1. The maximum atomic E-state index is 13.1. The molecule has 0 amide bonds. The Kier molecular flexibility index (Phi) is 8.60. The van der Waals surface area contributed by atoms with Crippen LogP contribution >= 0.6 is 0 Å². The molecule has 206 valence electrons. The highest BCUT2D eigenvalue weighted by atomic mass is 32.2. The summed E-state index contributed by atoms with van der Waals surface area (Å²) >= 11 is 0. The fourth-order valence-electron chi connectivity index (χ4n) is 4.51. The summed E-state index contributed by atoms with van der Waals surface area (Å²) in [4.78, 5) is 30.2. The number of aromatic nitrogens is 2. The lowest BCUT2D eigenvalue weighted by molar-refractivity contribution is -0.0450. The zero-order valence-corrected chi connectivity index (χ0v) is 23.7. The number of anilines is 1. The van der Waals surface area contributed by atoms with E-state index in [0.717, 1.165) is 6.26 Å². The molecule has 0 bridgehead atoms. The van der Waals surface area contributed by atoms with Crippen molar-refractivity contribution in [2.45, 2.75) is 70.2 Å². The molecule has 0 saturated carbocycles. The predicted octanol–water partition coefficient (Wildman–Crippen LogP) is 1.92. The minimum atomic E-state index is -3.29. The Morgan fingerprint density at radius 1 is 0.946 bits per heavy atom. The molecule has 1 saturated heterocycles. The summed E-state index contributed by atoms with van der Waals surface area (Å²) < 4.78 is 32.3. The lowest BCUT2D eigenvalue weighted by Gasteiger charge is -2.40. The monoisotopic (exact) mass is 536 g/mol. The van der Waals surface area contributed by atoms with Crippen molar-refractivity contribution in [2.24, 2.45) is 0 Å². The van der Waals surface area contributed by atoms with Crippen LogP contribution in [0.3, 0.4) is 0 Å². The third kappa shape index (κ3) is 6.63. The molecule has 1 aromatic carbocycles. The van der Waals surface area contributed by atoms with E-state index in [1.165, 1.54) is 16.7 Å². The molecule has 1 unspecified atom stereocenters. The number of benzene rings is 1. The van der Waals surface area contributed by atoms with Gasteiger partial charge in [-0.2, -0.15) is 0 Å². The van der Waals surface area contributed by atoms with Crippen molar-refractivity contribution >= 4 is 15.7 Å². The van der Waals surface area contributed by atoms with E-state index >= 15 is 0 Å². The van der Waals surface area contributed by atoms with Crippen LogP contribution in [0.1, 0.15) is 53.6 Å².